The lowest BCUT2D eigenvalue weighted by atomic mass is 10.1. The van der Waals surface area contributed by atoms with Gasteiger partial charge >= 0.3 is 6.03 Å². The van der Waals surface area contributed by atoms with Gasteiger partial charge in [0.1, 0.15) is 5.75 Å². The summed E-state index contributed by atoms with van der Waals surface area (Å²) in [6.07, 6.45) is 6.98. The van der Waals surface area contributed by atoms with Crippen LogP contribution in [0.1, 0.15) is 18.4 Å². The van der Waals surface area contributed by atoms with E-state index in [1.54, 1.807) is 37.6 Å². The molecule has 11 heteroatoms. The van der Waals surface area contributed by atoms with E-state index in [4.69, 9.17) is 19.2 Å². The second-order valence-electron chi connectivity index (χ2n) is 7.98. The molecule has 0 saturated carbocycles. The zero-order chi connectivity index (χ0) is 25.2. The average Bonchev–Trinajstić information content (AvgIpc) is 3.60. The zero-order valence-electron chi connectivity index (χ0n) is 19.8. The van der Waals surface area contributed by atoms with E-state index in [1.807, 2.05) is 24.4 Å². The molecule has 1 aliphatic rings. The minimum atomic E-state index is -0.407. The molecule has 1 fully saturated rings. The lowest BCUT2D eigenvalue weighted by molar-refractivity contribution is 0.114. The number of oxazole rings is 1. The van der Waals surface area contributed by atoms with Crippen LogP contribution in [0.5, 0.6) is 5.75 Å². The van der Waals surface area contributed by atoms with E-state index in [0.717, 1.165) is 30.6 Å². The van der Waals surface area contributed by atoms with Gasteiger partial charge in [-0.15, -0.1) is 0 Å². The van der Waals surface area contributed by atoms with E-state index in [0.29, 0.717) is 41.9 Å². The molecule has 186 valence electrons. The molecule has 1 aliphatic heterocycles. The van der Waals surface area contributed by atoms with Gasteiger partial charge in [0, 0.05) is 30.6 Å². The molecule has 1 saturated heterocycles. The van der Waals surface area contributed by atoms with E-state index < -0.39 is 6.03 Å². The maximum atomic E-state index is 12.6. The number of methoxy groups -OCH3 is 1. The number of hydrogen-bond donors (Lipinski definition) is 4. The van der Waals surface area contributed by atoms with E-state index in [1.165, 1.54) is 6.39 Å². The molecule has 0 bridgehead atoms. The number of urea groups is 1. The van der Waals surface area contributed by atoms with Gasteiger partial charge < -0.3 is 29.8 Å². The number of carbonyl (C=O) groups is 1. The molecule has 2 aromatic carbocycles. The molecule has 0 aliphatic carbocycles. The van der Waals surface area contributed by atoms with Crippen LogP contribution in [0, 0.1) is 11.5 Å². The van der Waals surface area contributed by atoms with Crippen molar-refractivity contribution in [3.05, 3.63) is 60.6 Å². The summed E-state index contributed by atoms with van der Waals surface area (Å²) >= 11 is 0. The van der Waals surface area contributed by atoms with Gasteiger partial charge in [-0.05, 0) is 42.7 Å². The number of nitrogens with one attached hydrogen (secondary N) is 4. The van der Waals surface area contributed by atoms with Crippen molar-refractivity contribution >= 4 is 23.4 Å². The number of benzene rings is 2. The molecule has 0 radical (unpaired) electrons. The third kappa shape index (κ3) is 6.74. The maximum absolute atomic E-state index is 12.6. The summed E-state index contributed by atoms with van der Waals surface area (Å²) < 4.78 is 16.3. The number of nitriles is 1. The lowest BCUT2D eigenvalue weighted by Crippen LogP contribution is -2.39. The number of guanidine groups is 1. The number of carbonyl (C=O) groups excluding carboxylic acids is 1. The quantitative estimate of drug-likeness (QED) is 0.162. The van der Waals surface area contributed by atoms with E-state index in [-0.39, 0.29) is 6.10 Å². The van der Waals surface area contributed by atoms with E-state index >= 15 is 0 Å². The summed E-state index contributed by atoms with van der Waals surface area (Å²) in [6, 6.07) is 12.2. The molecule has 4 N–H and O–H groups in total. The second kappa shape index (κ2) is 12.2. The Labute approximate surface area is 208 Å². The fourth-order valence-electron chi connectivity index (χ4n) is 3.74. The van der Waals surface area contributed by atoms with Crippen molar-refractivity contribution in [3.63, 3.8) is 0 Å². The standard InChI is InChI=1S/C25H27N7O4/c1-34-22-11-19(7-8-21(22)23-14-27-16-36-23)32-25(33)31-18-5-2-4-17(10-18)12-28-24(30-15-26)29-13-20-6-3-9-35-20/h2,4-5,7-8,10-11,14,16,20H,3,6,9,12-13H2,1H3,(H2,28,29,30)(H2,31,32,33). The Morgan fingerprint density at radius 3 is 2.83 bits per heavy atom. The minimum absolute atomic E-state index is 0.125. The highest BCUT2D eigenvalue weighted by Gasteiger charge is 2.15. The maximum Gasteiger partial charge on any atom is 0.323 e. The first-order valence-electron chi connectivity index (χ1n) is 11.4. The Hall–Kier alpha value is -4.56. The van der Waals surface area contributed by atoms with Crippen LogP contribution >= 0.6 is 0 Å². The van der Waals surface area contributed by atoms with Crippen LogP contribution in [0.25, 0.3) is 11.3 Å². The predicted octanol–water partition coefficient (Wildman–Crippen LogP) is 3.69. The first-order chi connectivity index (χ1) is 17.6. The minimum Gasteiger partial charge on any atom is -0.496 e. The fourth-order valence-corrected chi connectivity index (χ4v) is 3.74. The van der Waals surface area contributed by atoms with Crippen LogP contribution < -0.4 is 26.0 Å². The van der Waals surface area contributed by atoms with Crippen molar-refractivity contribution in [3.8, 4) is 23.3 Å². The Morgan fingerprint density at radius 1 is 1.25 bits per heavy atom. The number of aromatic nitrogens is 1. The van der Waals surface area contributed by atoms with Crippen molar-refractivity contribution in [2.24, 2.45) is 4.99 Å². The third-order valence-electron chi connectivity index (χ3n) is 5.46. The molecule has 3 aromatic rings. The van der Waals surface area contributed by atoms with Crippen LogP contribution in [0.2, 0.25) is 0 Å². The van der Waals surface area contributed by atoms with Crippen LogP contribution in [0.3, 0.4) is 0 Å². The van der Waals surface area contributed by atoms with Crippen molar-refractivity contribution in [1.82, 2.24) is 15.6 Å². The number of aliphatic imine (C=N–C) groups is 1. The molecule has 1 unspecified atom stereocenters. The first kappa shape index (κ1) is 24.6. The summed E-state index contributed by atoms with van der Waals surface area (Å²) in [7, 11) is 1.54. The Bertz CT molecular complexity index is 1230. The summed E-state index contributed by atoms with van der Waals surface area (Å²) in [5.41, 5.74) is 2.75. The third-order valence-corrected chi connectivity index (χ3v) is 5.46. The Balaban J connectivity index is 1.35. The molecular weight excluding hydrogens is 462 g/mol. The Morgan fingerprint density at radius 2 is 2.11 bits per heavy atom. The lowest BCUT2D eigenvalue weighted by Gasteiger charge is -2.13. The molecular formula is C25H27N7O4. The van der Waals surface area contributed by atoms with Gasteiger partial charge in [-0.1, -0.05) is 12.1 Å². The molecule has 1 atom stereocenters. The topological polar surface area (TPSA) is 146 Å². The van der Waals surface area contributed by atoms with E-state index in [2.05, 4.69) is 31.2 Å². The Kier molecular flexibility index (Phi) is 8.35. The number of anilines is 2. The monoisotopic (exact) mass is 489 g/mol. The van der Waals surface area contributed by atoms with Crippen molar-refractivity contribution in [2.45, 2.75) is 25.5 Å². The predicted molar refractivity (Wildman–Crippen MR) is 134 cm³/mol. The molecule has 0 spiro atoms. The number of rotatable bonds is 8. The van der Waals surface area contributed by atoms with Crippen molar-refractivity contribution < 1.29 is 18.7 Å². The first-order valence-corrected chi connectivity index (χ1v) is 11.4. The summed E-state index contributed by atoms with van der Waals surface area (Å²) in [6.45, 7) is 1.67. The zero-order valence-corrected chi connectivity index (χ0v) is 19.8. The normalized spacial score (nSPS) is 15.1. The number of hydrogen-bond acceptors (Lipinski definition) is 7. The van der Waals surface area contributed by atoms with Gasteiger partial charge in [0.15, 0.2) is 18.3 Å². The van der Waals surface area contributed by atoms with Crippen LogP contribution in [0.4, 0.5) is 16.2 Å². The van der Waals surface area contributed by atoms with Crippen molar-refractivity contribution in [1.29, 1.82) is 5.26 Å². The van der Waals surface area contributed by atoms with Crippen LogP contribution in [-0.2, 0) is 11.3 Å². The molecule has 11 nitrogen and oxygen atoms in total. The summed E-state index contributed by atoms with van der Waals surface area (Å²) in [5.74, 6) is 1.49. The smallest absolute Gasteiger partial charge is 0.323 e. The molecule has 36 heavy (non-hydrogen) atoms. The number of ether oxygens (including phenoxy) is 2. The van der Waals surface area contributed by atoms with Gasteiger partial charge in [0.05, 0.1) is 31.5 Å². The largest absolute Gasteiger partial charge is 0.496 e. The molecule has 2 heterocycles. The van der Waals surface area contributed by atoms with Gasteiger partial charge in [0.25, 0.3) is 0 Å². The second-order valence-corrected chi connectivity index (χ2v) is 7.98. The number of nitrogens with zero attached hydrogens (tertiary/aromatic N) is 3. The average molecular weight is 490 g/mol. The SMILES string of the molecule is COc1cc(NC(=O)Nc2cccc(CN=C(NC#N)NCC3CCCO3)c2)ccc1-c1cnco1. The number of amides is 2. The highest BCUT2D eigenvalue weighted by Crippen LogP contribution is 2.32. The molecule has 2 amide bonds. The van der Waals surface area contributed by atoms with E-state index in [9.17, 15) is 4.79 Å². The summed E-state index contributed by atoms with van der Waals surface area (Å²) in [4.78, 5) is 20.9. The van der Waals surface area contributed by atoms with Crippen molar-refractivity contribution in [2.75, 3.05) is 30.9 Å². The highest BCUT2D eigenvalue weighted by atomic mass is 16.5. The van der Waals surface area contributed by atoms with Gasteiger partial charge in [-0.2, -0.15) is 5.26 Å². The molecule has 4 rings (SSSR count). The highest BCUT2D eigenvalue weighted by molar-refractivity contribution is 6.00. The van der Waals surface area contributed by atoms with Gasteiger partial charge in [-0.3, -0.25) is 5.32 Å². The van der Waals surface area contributed by atoms with Gasteiger partial charge in [0.2, 0.25) is 5.96 Å². The fraction of sp³-hybridized carbons (Fsp3) is 0.280. The van der Waals surface area contributed by atoms with Gasteiger partial charge in [-0.25, -0.2) is 14.8 Å². The molecule has 1 aromatic heterocycles. The van der Waals surface area contributed by atoms with Crippen LogP contribution in [0.15, 0.2) is 64.5 Å². The summed E-state index contributed by atoms with van der Waals surface area (Å²) in [5, 5.41) is 20.3. The van der Waals surface area contributed by atoms with Crippen LogP contribution in [-0.4, -0.2) is 43.3 Å².